The van der Waals surface area contributed by atoms with Gasteiger partial charge in [-0.3, -0.25) is 9.59 Å². The first-order valence-electron chi connectivity index (χ1n) is 25.6. The number of carbonyl (C=O) groups is 2. The smallest absolute Gasteiger partial charge is 0.247 e. The van der Waals surface area contributed by atoms with Gasteiger partial charge in [-0.05, 0) is 109 Å². The molecule has 2 saturated heterocycles. The van der Waals surface area contributed by atoms with Crippen LogP contribution >= 0.6 is 11.6 Å². The third kappa shape index (κ3) is 16.3. The SMILES string of the molecule is C.C=CC(=O)Nc1cccc(-c2cccc3cnc(Cl)nc23)c1.C=CC(=O)Nc1cccc(-c2cccc3cnc(Nc4ccc(OC5CCN(CCF)CC5)cc4F)nc23)c1.Nc1ccc(OC2CCN(CCF)CC2)cc1F. The summed E-state index contributed by atoms with van der Waals surface area (Å²) in [6, 6.07) is 35.7. The predicted octanol–water partition coefficient (Wildman–Crippen LogP) is 13.0. The van der Waals surface area contributed by atoms with Gasteiger partial charge in [0.15, 0.2) is 0 Å². The molecule has 14 nitrogen and oxygen atoms in total. The number of ether oxygens (including phenoxy) is 2. The Hall–Kier alpha value is -8.45. The number of likely N-dealkylation sites (tertiary alicyclic amines) is 2. The molecule has 6 aromatic carbocycles. The molecule has 2 aliphatic rings. The van der Waals surface area contributed by atoms with Crippen molar-refractivity contribution in [1.29, 1.82) is 0 Å². The summed E-state index contributed by atoms with van der Waals surface area (Å²) in [7, 11) is 0. The number of nitrogens with zero attached hydrogens (tertiary/aromatic N) is 6. The largest absolute Gasteiger partial charge is 0.490 e. The number of anilines is 5. The Balaban J connectivity index is 0.000000190. The summed E-state index contributed by atoms with van der Waals surface area (Å²) >= 11 is 5.91. The lowest BCUT2D eigenvalue weighted by molar-refractivity contribution is -0.112. The van der Waals surface area contributed by atoms with Crippen LogP contribution in [0.4, 0.5) is 46.3 Å². The van der Waals surface area contributed by atoms with Gasteiger partial charge in [0, 0.05) is 97.1 Å². The maximum Gasteiger partial charge on any atom is 0.247 e. The Bertz CT molecular complexity index is 3410. The maximum absolute atomic E-state index is 15.0. The topological polar surface area (TPSA) is 173 Å². The molecule has 80 heavy (non-hydrogen) atoms. The van der Waals surface area contributed by atoms with Crippen LogP contribution in [0.2, 0.25) is 5.28 Å². The molecule has 0 radical (unpaired) electrons. The van der Waals surface area contributed by atoms with Crippen LogP contribution in [0.3, 0.4) is 0 Å². The molecule has 2 fully saturated rings. The van der Waals surface area contributed by atoms with Crippen molar-refractivity contribution in [2.24, 2.45) is 0 Å². The van der Waals surface area contributed by atoms with Crippen molar-refractivity contribution in [2.75, 3.05) is 74.3 Å². The number of alkyl halides is 2. The molecule has 8 aromatic rings. The van der Waals surface area contributed by atoms with Crippen molar-refractivity contribution in [3.8, 4) is 33.8 Å². The average molecular weight is 1110 g/mol. The number of para-hydroxylation sites is 2. The number of amides is 2. The van der Waals surface area contributed by atoms with Crippen molar-refractivity contribution in [1.82, 2.24) is 29.7 Å². The number of halogens is 5. The van der Waals surface area contributed by atoms with Gasteiger partial charge < -0.3 is 41.0 Å². The van der Waals surface area contributed by atoms with E-state index in [4.69, 9.17) is 26.8 Å². The van der Waals surface area contributed by atoms with E-state index >= 15 is 0 Å². The number of rotatable bonds is 16. The van der Waals surface area contributed by atoms with E-state index in [0.29, 0.717) is 41.5 Å². The highest BCUT2D eigenvalue weighted by Gasteiger charge is 2.22. The van der Waals surface area contributed by atoms with Crippen molar-refractivity contribution in [3.05, 3.63) is 176 Å². The fraction of sp³-hybridized carbons (Fsp3) is 0.246. The lowest BCUT2D eigenvalue weighted by Crippen LogP contribution is -2.39. The molecule has 2 aromatic heterocycles. The van der Waals surface area contributed by atoms with Crippen molar-refractivity contribution in [3.63, 3.8) is 0 Å². The number of piperidine rings is 2. The Morgan fingerprint density at radius 2 is 1.11 bits per heavy atom. The van der Waals surface area contributed by atoms with Crippen LogP contribution < -0.4 is 31.2 Å². The van der Waals surface area contributed by atoms with Crippen molar-refractivity contribution >= 4 is 73.9 Å². The molecule has 0 spiro atoms. The molecule has 416 valence electrons. The summed E-state index contributed by atoms with van der Waals surface area (Å²) in [5, 5.41) is 10.4. The van der Waals surface area contributed by atoms with Gasteiger partial charge in [-0.1, -0.05) is 81.2 Å². The minimum absolute atomic E-state index is 0. The fourth-order valence-electron chi connectivity index (χ4n) is 9.03. The zero-order valence-corrected chi connectivity index (χ0v) is 43.9. The number of nitrogens with one attached hydrogen (secondary N) is 3. The molecule has 0 saturated carbocycles. The fourth-order valence-corrected chi connectivity index (χ4v) is 9.16. The van der Waals surface area contributed by atoms with Gasteiger partial charge >= 0.3 is 0 Å². The highest BCUT2D eigenvalue weighted by atomic mass is 35.5. The van der Waals surface area contributed by atoms with Gasteiger partial charge in [0.2, 0.25) is 23.0 Å². The molecule has 5 N–H and O–H groups in total. The van der Waals surface area contributed by atoms with E-state index in [1.54, 1.807) is 36.7 Å². The highest BCUT2D eigenvalue weighted by molar-refractivity contribution is 6.28. The second-order valence-electron chi connectivity index (χ2n) is 18.5. The van der Waals surface area contributed by atoms with Gasteiger partial charge in [-0.25, -0.2) is 37.5 Å². The van der Waals surface area contributed by atoms with E-state index in [1.165, 1.54) is 30.4 Å². The molecule has 2 amide bonds. The molecule has 0 unspecified atom stereocenters. The molecule has 0 bridgehead atoms. The number of carbonyl (C=O) groups excluding carboxylic acids is 2. The second-order valence-corrected chi connectivity index (χ2v) is 18.9. The zero-order valence-electron chi connectivity index (χ0n) is 43.2. The minimum atomic E-state index is -0.481. The first-order chi connectivity index (χ1) is 38.4. The summed E-state index contributed by atoms with van der Waals surface area (Å²) < 4.78 is 64.7. The monoisotopic (exact) mass is 1110 g/mol. The lowest BCUT2D eigenvalue weighted by atomic mass is 10.0. The van der Waals surface area contributed by atoms with Crippen LogP contribution in [0.5, 0.6) is 11.5 Å². The van der Waals surface area contributed by atoms with Crippen LogP contribution in [-0.2, 0) is 9.59 Å². The van der Waals surface area contributed by atoms with E-state index in [2.05, 4.69) is 58.8 Å². The normalized spacial score (nSPS) is 13.8. The van der Waals surface area contributed by atoms with Gasteiger partial charge in [0.05, 0.1) is 22.4 Å². The molecule has 0 atom stereocenters. The zero-order chi connectivity index (χ0) is 55.7. The van der Waals surface area contributed by atoms with E-state index in [0.717, 1.165) is 90.4 Å². The van der Waals surface area contributed by atoms with Gasteiger partial charge in [0.1, 0.15) is 48.7 Å². The first-order valence-corrected chi connectivity index (χ1v) is 26.0. The molecule has 4 heterocycles. The molecule has 0 aliphatic carbocycles. The van der Waals surface area contributed by atoms with Crippen LogP contribution in [-0.4, -0.2) is 106 Å². The van der Waals surface area contributed by atoms with Crippen LogP contribution in [0.1, 0.15) is 33.1 Å². The highest BCUT2D eigenvalue weighted by Crippen LogP contribution is 2.33. The summed E-state index contributed by atoms with van der Waals surface area (Å²) in [6.07, 6.45) is 9.10. The van der Waals surface area contributed by atoms with Crippen LogP contribution in [0.25, 0.3) is 44.1 Å². The molecule has 2 aliphatic heterocycles. The summed E-state index contributed by atoms with van der Waals surface area (Å²) in [4.78, 5) is 44.6. The third-order valence-corrected chi connectivity index (χ3v) is 13.3. The predicted molar refractivity (Wildman–Crippen MR) is 312 cm³/mol. The average Bonchev–Trinajstić information content (AvgIpc) is 3.47. The van der Waals surface area contributed by atoms with E-state index in [1.807, 2.05) is 78.9 Å². The number of hydrogen-bond acceptors (Lipinski definition) is 12. The third-order valence-electron chi connectivity index (χ3n) is 13.1. The molecular weight excluding hydrogens is 1050 g/mol. The number of benzene rings is 6. The number of fused-ring (bicyclic) bond motifs is 2. The van der Waals surface area contributed by atoms with Crippen LogP contribution in [0.15, 0.2) is 159 Å². The van der Waals surface area contributed by atoms with Crippen LogP contribution in [0, 0.1) is 11.6 Å². The number of nitrogens with two attached hydrogens (primary N) is 1. The maximum atomic E-state index is 15.0. The standard InChI is InChI=1S/C30H29F2N5O2.C17H12ClN3O.C13H18F2N2O.CH4/c1-2-28(38)34-22-7-3-5-20(17-22)25-8-4-6-21-19-33-30(36-29(21)25)35-27-10-9-24(18-26(27)32)39-23-11-14-37(15-12-23)16-13-31;1-2-15(22)20-13-7-3-5-11(9-13)14-8-4-6-12-10-19-17(18)21-16(12)14;14-5-8-17-6-3-10(4-7-17)18-11-1-2-13(16)12(15)9-11;/h2-10,17-19,23H,1,11-16H2,(H,34,38)(H,33,35,36);2-10H,1H2,(H,20,22);1-2,9-10H,3-8,16H2;1H4. The first kappa shape index (κ1) is 59.2. The van der Waals surface area contributed by atoms with E-state index in [-0.39, 0.29) is 67.4 Å². The van der Waals surface area contributed by atoms with Gasteiger partial charge in [0.25, 0.3) is 0 Å². The summed E-state index contributed by atoms with van der Waals surface area (Å²) in [6.45, 7) is 10.4. The quantitative estimate of drug-likeness (QED) is 0.0313. The summed E-state index contributed by atoms with van der Waals surface area (Å²) in [5.41, 5.74) is 12.1. The van der Waals surface area contributed by atoms with Crippen molar-refractivity contribution in [2.45, 2.75) is 45.3 Å². The Morgan fingerprint density at radius 3 is 1.60 bits per heavy atom. The van der Waals surface area contributed by atoms with E-state index in [9.17, 15) is 27.2 Å². The number of aromatic nitrogens is 4. The number of hydrogen-bond donors (Lipinski definition) is 4. The Morgan fingerprint density at radius 1 is 0.637 bits per heavy atom. The van der Waals surface area contributed by atoms with Gasteiger partial charge in [-0.15, -0.1) is 0 Å². The van der Waals surface area contributed by atoms with Gasteiger partial charge in [-0.2, -0.15) is 0 Å². The summed E-state index contributed by atoms with van der Waals surface area (Å²) in [5.74, 6) is -0.277. The van der Waals surface area contributed by atoms with Crippen molar-refractivity contribution < 1.29 is 36.6 Å². The lowest BCUT2D eigenvalue weighted by Gasteiger charge is -2.31. The minimum Gasteiger partial charge on any atom is -0.490 e. The Labute approximate surface area is 467 Å². The van der Waals surface area contributed by atoms with E-state index < -0.39 is 11.6 Å². The molecule has 10 rings (SSSR count). The number of nitrogen functional groups attached to an aromatic ring is 1. The second kappa shape index (κ2) is 29.0. The molecular formula is C61H63ClF4N10O4. The molecule has 19 heteroatoms. The Kier molecular flexibility index (Phi) is 21.4.